The fourth-order valence-electron chi connectivity index (χ4n) is 3.59. The Morgan fingerprint density at radius 3 is 2.44 bits per heavy atom. The van der Waals surface area contributed by atoms with Crippen molar-refractivity contribution in [2.24, 2.45) is 16.5 Å². The van der Waals surface area contributed by atoms with Gasteiger partial charge in [-0.1, -0.05) is 37.2 Å². The number of carbonyl (C=O) groups is 2. The number of allylic oxidation sites excluding steroid dienone is 2. The number of thioether (sulfide) groups is 1. The average molecular weight is 597 g/mol. The molecule has 1 unspecified atom stereocenters. The number of halogens is 2. The lowest BCUT2D eigenvalue weighted by molar-refractivity contribution is -0.148. The first-order valence-electron chi connectivity index (χ1n) is 12.1. The number of hydrogen-bond acceptors (Lipinski definition) is 9. The molecule has 0 saturated heterocycles. The highest BCUT2D eigenvalue weighted by atomic mass is 35.5. The van der Waals surface area contributed by atoms with E-state index in [4.69, 9.17) is 38.3 Å². The minimum atomic E-state index is -2.08. The predicted octanol–water partition coefficient (Wildman–Crippen LogP) is 6.11. The first-order valence-corrected chi connectivity index (χ1v) is 13.8. The van der Waals surface area contributed by atoms with Gasteiger partial charge in [-0.15, -0.1) is 12.6 Å². The fourth-order valence-corrected chi connectivity index (χ4v) is 4.67. The van der Waals surface area contributed by atoms with Gasteiger partial charge >= 0.3 is 5.97 Å². The van der Waals surface area contributed by atoms with E-state index in [0.29, 0.717) is 45.1 Å². The number of alkyl halides is 1. The molecule has 212 valence electrons. The van der Waals surface area contributed by atoms with Crippen molar-refractivity contribution in [3.05, 3.63) is 64.2 Å². The summed E-state index contributed by atoms with van der Waals surface area (Å²) in [6.45, 7) is 6.20. The van der Waals surface area contributed by atoms with Crippen molar-refractivity contribution in [2.45, 2.75) is 73.8 Å². The number of amidine groups is 1. The third kappa shape index (κ3) is 9.08. The number of Topliss-reactive ketones (excluding diaryl/α,β-unsaturated/α-hetero) is 1. The van der Waals surface area contributed by atoms with Crippen LogP contribution in [0.25, 0.3) is 0 Å². The third-order valence-corrected chi connectivity index (χ3v) is 7.06. The maximum atomic E-state index is 12.5. The van der Waals surface area contributed by atoms with Gasteiger partial charge in [-0.2, -0.15) is 0 Å². The lowest BCUT2D eigenvalue weighted by Gasteiger charge is -2.29. The lowest BCUT2D eigenvalue weighted by atomic mass is 9.78. The summed E-state index contributed by atoms with van der Waals surface area (Å²) < 4.78 is 17.9. The molecule has 0 spiro atoms. The van der Waals surface area contributed by atoms with Crippen molar-refractivity contribution in [1.82, 2.24) is 0 Å². The van der Waals surface area contributed by atoms with Gasteiger partial charge < -0.3 is 26.7 Å². The van der Waals surface area contributed by atoms with Gasteiger partial charge in [-0.05, 0) is 57.0 Å². The Labute approximate surface area is 242 Å². The Morgan fingerprint density at radius 1 is 1.28 bits per heavy atom. The number of furan rings is 1. The first-order chi connectivity index (χ1) is 18.1. The quantitative estimate of drug-likeness (QED) is 0.160. The van der Waals surface area contributed by atoms with Gasteiger partial charge in [0.1, 0.15) is 11.6 Å². The van der Waals surface area contributed by atoms with E-state index in [2.05, 4.69) is 31.5 Å². The molecule has 2 aromatic rings. The van der Waals surface area contributed by atoms with Crippen LogP contribution in [0.2, 0.25) is 5.02 Å². The van der Waals surface area contributed by atoms with Crippen molar-refractivity contribution in [3.8, 4) is 0 Å². The van der Waals surface area contributed by atoms with Crippen molar-refractivity contribution >= 4 is 59.3 Å². The number of anilines is 1. The summed E-state index contributed by atoms with van der Waals surface area (Å²) in [5.41, 5.74) is 18.0. The van der Waals surface area contributed by atoms with Crippen LogP contribution in [-0.2, 0) is 9.59 Å². The Kier molecular flexibility index (Phi) is 11.6. The Morgan fingerprint density at radius 2 is 1.92 bits per heavy atom. The van der Waals surface area contributed by atoms with Crippen LogP contribution >= 0.6 is 36.0 Å². The first kappa shape index (κ1) is 32.3. The van der Waals surface area contributed by atoms with Gasteiger partial charge in [0.2, 0.25) is 5.67 Å². The minimum absolute atomic E-state index is 0.112. The molecule has 8 nitrogen and oxygen atoms in total. The second-order valence-corrected chi connectivity index (χ2v) is 12.0. The molecule has 1 aromatic carbocycles. The summed E-state index contributed by atoms with van der Waals surface area (Å²) in [5.74, 6) is -0.582. The van der Waals surface area contributed by atoms with Crippen LogP contribution in [0.3, 0.4) is 0 Å². The van der Waals surface area contributed by atoms with E-state index in [0.717, 1.165) is 42.4 Å². The van der Waals surface area contributed by atoms with Crippen molar-refractivity contribution in [3.63, 3.8) is 0 Å². The van der Waals surface area contributed by atoms with E-state index in [1.54, 1.807) is 30.0 Å². The maximum Gasteiger partial charge on any atom is 0.340 e. The molecule has 0 fully saturated rings. The van der Waals surface area contributed by atoms with Crippen molar-refractivity contribution < 1.29 is 23.5 Å². The molecular weight excluding hydrogens is 563 g/mol. The smallest absolute Gasteiger partial charge is 0.340 e. The standard InChI is InChI=1S/C17H21N3O2S.C6H6ClNS.C4H7FO2/c1-9(2)23-14-7-6-13(22-14)15-10(8-18)17(19)20-11-4-3-5-12(21)16(11)15;7-4-1-2-6(9)5(8)3-4;1-4(2,5)3(6)7/h6-9,15H,3-5,18H2,1-2H3,(H2,19,20);1-3,9H,8H2;1-2H3,(H,6,7)/b10-8-;;. The van der Waals surface area contributed by atoms with E-state index in [1.165, 1.54) is 6.20 Å². The normalized spacial score (nSPS) is 18.1. The number of nitrogens with two attached hydrogens (primary N) is 3. The second-order valence-electron chi connectivity index (χ2n) is 9.49. The zero-order valence-corrected chi connectivity index (χ0v) is 24.7. The topological polar surface area (TPSA) is 158 Å². The molecule has 12 heteroatoms. The summed E-state index contributed by atoms with van der Waals surface area (Å²) >= 11 is 11.3. The Hall–Kier alpha value is -2.89. The minimum Gasteiger partial charge on any atom is -0.479 e. The fraction of sp³-hybridized carbons (Fsp3) is 0.370. The number of aliphatic carboxylic acids is 1. The highest BCUT2D eigenvalue weighted by molar-refractivity contribution is 7.99. The number of ketones is 1. The number of benzene rings is 1. The van der Waals surface area contributed by atoms with E-state index < -0.39 is 11.6 Å². The molecule has 2 aliphatic rings. The molecule has 1 aliphatic heterocycles. The van der Waals surface area contributed by atoms with Crippen molar-refractivity contribution in [1.29, 1.82) is 0 Å². The van der Waals surface area contributed by atoms with Gasteiger partial charge in [-0.3, -0.25) is 4.79 Å². The highest BCUT2D eigenvalue weighted by Crippen LogP contribution is 2.43. The molecule has 1 atom stereocenters. The zero-order valence-electron chi connectivity index (χ0n) is 22.2. The number of aliphatic imine (C=N–C) groups is 1. The molecule has 0 saturated carbocycles. The number of nitrogen functional groups attached to an aromatic ring is 1. The predicted molar refractivity (Wildman–Crippen MR) is 158 cm³/mol. The van der Waals surface area contributed by atoms with Crippen LogP contribution < -0.4 is 17.2 Å². The zero-order chi connectivity index (χ0) is 29.5. The number of thiol groups is 1. The second kappa shape index (κ2) is 14.0. The summed E-state index contributed by atoms with van der Waals surface area (Å²) in [7, 11) is 0. The van der Waals surface area contributed by atoms with Crippen LogP contribution in [0, 0.1) is 0 Å². The van der Waals surface area contributed by atoms with Gasteiger partial charge in [0.25, 0.3) is 0 Å². The number of carboxylic acid groups (broad SMARTS) is 1. The molecule has 2 heterocycles. The van der Waals surface area contributed by atoms with Gasteiger partial charge in [-0.25, -0.2) is 14.2 Å². The molecule has 0 bridgehead atoms. The average Bonchev–Trinajstić information content (AvgIpc) is 3.28. The van der Waals surface area contributed by atoms with Crippen LogP contribution in [0.4, 0.5) is 10.1 Å². The van der Waals surface area contributed by atoms with E-state index in [-0.39, 0.29) is 11.7 Å². The third-order valence-electron chi connectivity index (χ3n) is 5.50. The number of carboxylic acids is 1. The van der Waals surface area contributed by atoms with E-state index in [1.807, 2.05) is 12.1 Å². The number of rotatable bonds is 4. The number of hydrogen-bond donors (Lipinski definition) is 5. The van der Waals surface area contributed by atoms with Gasteiger partial charge in [0, 0.05) is 44.6 Å². The monoisotopic (exact) mass is 596 g/mol. The number of nitrogens with zero attached hydrogens (tertiary/aromatic N) is 1. The molecule has 1 aliphatic carbocycles. The van der Waals surface area contributed by atoms with Crippen LogP contribution in [0.15, 0.2) is 72.8 Å². The molecule has 0 amide bonds. The van der Waals surface area contributed by atoms with E-state index >= 15 is 0 Å². The molecule has 4 rings (SSSR count). The van der Waals surface area contributed by atoms with Gasteiger partial charge in [0.15, 0.2) is 10.9 Å². The lowest BCUT2D eigenvalue weighted by Crippen LogP contribution is -2.30. The summed E-state index contributed by atoms with van der Waals surface area (Å²) in [5, 5.41) is 9.77. The van der Waals surface area contributed by atoms with Crippen molar-refractivity contribution in [2.75, 3.05) is 5.73 Å². The SMILES string of the molecule is CC(C)(F)C(=O)O.CC(C)Sc1ccc(C2C3=C(CCCC3=O)N=C(N)/C2=C\N)o1.Nc1cc(Cl)ccc1S. The molecule has 0 radical (unpaired) electrons. The Bertz CT molecular complexity index is 1300. The van der Waals surface area contributed by atoms with Crippen LogP contribution in [-0.4, -0.2) is 33.6 Å². The highest BCUT2D eigenvalue weighted by Gasteiger charge is 2.37. The summed E-state index contributed by atoms with van der Waals surface area (Å²) in [6, 6.07) is 9.03. The Balaban J connectivity index is 0.000000273. The molecule has 1 aromatic heterocycles. The van der Waals surface area contributed by atoms with Gasteiger partial charge in [0.05, 0.1) is 11.6 Å². The van der Waals surface area contributed by atoms with E-state index in [9.17, 15) is 14.0 Å². The summed E-state index contributed by atoms with van der Waals surface area (Å²) in [4.78, 5) is 27.3. The number of carbonyl (C=O) groups excluding carboxylic acids is 1. The largest absolute Gasteiger partial charge is 0.479 e. The molecule has 39 heavy (non-hydrogen) atoms. The summed E-state index contributed by atoms with van der Waals surface area (Å²) in [6.07, 6.45) is 3.56. The molecule has 7 N–H and O–H groups in total. The van der Waals surface area contributed by atoms with Crippen LogP contribution in [0.1, 0.15) is 58.6 Å². The molecular formula is C27H34ClFN4O4S2. The van der Waals surface area contributed by atoms with Crippen LogP contribution in [0.5, 0.6) is 0 Å². The maximum absolute atomic E-state index is 12.5.